The maximum atomic E-state index is 4.85. The minimum atomic E-state index is 0.750. The van der Waals surface area contributed by atoms with Crippen LogP contribution in [0.15, 0.2) is 0 Å². The van der Waals surface area contributed by atoms with Gasteiger partial charge in [-0.15, -0.1) is 0 Å². The Labute approximate surface area is 97.4 Å². The van der Waals surface area contributed by atoms with Crippen molar-refractivity contribution in [2.75, 3.05) is 47.3 Å². The molecule has 15 heavy (non-hydrogen) atoms. The van der Waals surface area contributed by atoms with E-state index in [9.17, 15) is 0 Å². The first kappa shape index (κ1) is 24.2. The highest BCUT2D eigenvalue weighted by molar-refractivity contribution is 4.36. The van der Waals surface area contributed by atoms with E-state index in [-0.39, 0.29) is 0 Å². The summed E-state index contributed by atoms with van der Waals surface area (Å²) in [5.74, 6) is 0. The summed E-state index contributed by atoms with van der Waals surface area (Å²) in [4.78, 5) is 2.25. The van der Waals surface area contributed by atoms with Crippen LogP contribution in [-0.2, 0) is 0 Å². The van der Waals surface area contributed by atoms with Gasteiger partial charge in [-0.05, 0) is 47.3 Å². The monoisotopic (exact) mass is 222 g/mol. The molecule has 0 bridgehead atoms. The fraction of sp³-hybridized carbons (Fsp3) is 1.00. The van der Waals surface area contributed by atoms with Gasteiger partial charge < -0.3 is 21.7 Å². The second kappa shape index (κ2) is 37.1. The molecule has 0 saturated heterocycles. The van der Waals surface area contributed by atoms with Crippen LogP contribution >= 0.6 is 0 Å². The summed E-state index contributed by atoms with van der Waals surface area (Å²) in [5, 5.41) is 2.93. The molecule has 0 saturated carbocycles. The third-order valence-electron chi connectivity index (χ3n) is 1.43. The van der Waals surface area contributed by atoms with E-state index in [1.807, 2.05) is 14.0 Å². The molecule has 0 radical (unpaired) electrons. The van der Waals surface area contributed by atoms with Gasteiger partial charge in [0.15, 0.2) is 0 Å². The Balaban J connectivity index is -0.0000000590. The number of rotatable bonds is 3. The lowest BCUT2D eigenvalue weighted by atomic mass is 10.6. The van der Waals surface area contributed by atoms with Crippen molar-refractivity contribution >= 4 is 0 Å². The molecule has 0 rings (SSSR count). The highest BCUT2D eigenvalue weighted by atomic mass is 15.1. The van der Waals surface area contributed by atoms with Crippen molar-refractivity contribution in [3.05, 3.63) is 0 Å². The summed E-state index contributed by atoms with van der Waals surface area (Å²) >= 11 is 0. The molecule has 0 aliphatic rings. The minimum absolute atomic E-state index is 0.750. The van der Waals surface area contributed by atoms with E-state index in [1.54, 1.807) is 0 Å². The topological polar surface area (TPSA) is 67.3 Å². The number of nitrogens with one attached hydrogen (secondary N) is 1. The molecule has 4 heteroatoms. The average molecular weight is 222 g/mol. The van der Waals surface area contributed by atoms with Gasteiger partial charge in [0.25, 0.3) is 0 Å². The highest BCUT2D eigenvalue weighted by Gasteiger charge is 1.81. The van der Waals surface area contributed by atoms with Crippen LogP contribution < -0.4 is 16.8 Å². The van der Waals surface area contributed by atoms with Crippen LogP contribution in [0.2, 0.25) is 0 Å². The molecule has 0 spiro atoms. The molecule has 4 nitrogen and oxygen atoms in total. The van der Waals surface area contributed by atoms with Crippen molar-refractivity contribution < 1.29 is 0 Å². The first-order valence-electron chi connectivity index (χ1n) is 5.75. The van der Waals surface area contributed by atoms with Crippen molar-refractivity contribution in [2.45, 2.75) is 27.7 Å². The lowest BCUT2D eigenvalue weighted by molar-refractivity contribution is 0.373. The van der Waals surface area contributed by atoms with Crippen LogP contribution in [0.5, 0.6) is 0 Å². The van der Waals surface area contributed by atoms with Crippen LogP contribution in [0.25, 0.3) is 0 Å². The SMILES string of the molecule is CCN.CCN(C)CC.CCNC.CN. The molecule has 0 amide bonds. The molecule has 0 unspecified atom stereocenters. The van der Waals surface area contributed by atoms with Crippen molar-refractivity contribution in [3.63, 3.8) is 0 Å². The molecule has 0 atom stereocenters. The van der Waals surface area contributed by atoms with Gasteiger partial charge in [0.2, 0.25) is 0 Å². The van der Waals surface area contributed by atoms with E-state index in [4.69, 9.17) is 5.73 Å². The molecule has 0 aromatic carbocycles. The Kier molecular flexibility index (Phi) is 59.9. The fourth-order valence-corrected chi connectivity index (χ4v) is 0.224. The van der Waals surface area contributed by atoms with Crippen LogP contribution in [0.3, 0.4) is 0 Å². The summed E-state index contributed by atoms with van der Waals surface area (Å²) in [6, 6.07) is 0. The molecule has 5 N–H and O–H groups in total. The number of nitrogens with zero attached hydrogens (tertiary/aromatic N) is 1. The van der Waals surface area contributed by atoms with Gasteiger partial charge in [0, 0.05) is 0 Å². The number of nitrogens with two attached hydrogens (primary N) is 2. The molecular weight excluding hydrogens is 188 g/mol. The van der Waals surface area contributed by atoms with E-state index < -0.39 is 0 Å². The summed E-state index contributed by atoms with van der Waals surface area (Å²) < 4.78 is 0. The van der Waals surface area contributed by atoms with Gasteiger partial charge in [0.1, 0.15) is 0 Å². The Morgan fingerprint density at radius 1 is 1.00 bits per heavy atom. The zero-order chi connectivity index (χ0) is 13.1. The number of hydrogen-bond donors (Lipinski definition) is 3. The largest absolute Gasteiger partial charge is 0.333 e. The van der Waals surface area contributed by atoms with Gasteiger partial charge in [-0.3, -0.25) is 0 Å². The zero-order valence-electron chi connectivity index (χ0n) is 11.9. The molecule has 0 aliphatic carbocycles. The Morgan fingerprint density at radius 3 is 1.20 bits per heavy atom. The molecule has 98 valence electrons. The lowest BCUT2D eigenvalue weighted by Crippen LogP contribution is -2.15. The third kappa shape index (κ3) is 82.8. The molecular formula is C11H34N4. The van der Waals surface area contributed by atoms with E-state index in [1.165, 1.54) is 7.05 Å². The second-order valence-electron chi connectivity index (χ2n) is 2.60. The summed E-state index contributed by atoms with van der Waals surface area (Å²) in [6.07, 6.45) is 0. The normalized spacial score (nSPS) is 7.60. The zero-order valence-corrected chi connectivity index (χ0v) is 11.9. The maximum absolute atomic E-state index is 4.85. The van der Waals surface area contributed by atoms with Crippen molar-refractivity contribution in [1.82, 2.24) is 10.2 Å². The first-order chi connectivity index (χ1) is 7.14. The van der Waals surface area contributed by atoms with Crippen LogP contribution in [0.4, 0.5) is 0 Å². The van der Waals surface area contributed by atoms with Gasteiger partial charge in [-0.1, -0.05) is 27.7 Å². The molecule has 0 fully saturated rings. The predicted octanol–water partition coefficient (Wildman–Crippen LogP) is 0.724. The Morgan fingerprint density at radius 2 is 1.20 bits per heavy atom. The molecule has 0 aromatic heterocycles. The van der Waals surface area contributed by atoms with Gasteiger partial charge in [-0.25, -0.2) is 0 Å². The van der Waals surface area contributed by atoms with Crippen molar-refractivity contribution in [2.24, 2.45) is 11.5 Å². The van der Waals surface area contributed by atoms with Crippen molar-refractivity contribution in [3.8, 4) is 0 Å². The Bertz CT molecular complexity index is 54.5. The van der Waals surface area contributed by atoms with Gasteiger partial charge >= 0.3 is 0 Å². The fourth-order valence-electron chi connectivity index (χ4n) is 0.224. The maximum Gasteiger partial charge on any atom is -0.00504 e. The first-order valence-corrected chi connectivity index (χ1v) is 5.75. The summed E-state index contributed by atoms with van der Waals surface area (Å²) in [6.45, 7) is 12.4. The van der Waals surface area contributed by atoms with E-state index in [2.05, 4.69) is 43.8 Å². The molecule has 0 aliphatic heterocycles. The average Bonchev–Trinajstić information content (AvgIpc) is 2.32. The van der Waals surface area contributed by atoms with Gasteiger partial charge in [-0.2, -0.15) is 0 Å². The van der Waals surface area contributed by atoms with Crippen molar-refractivity contribution in [1.29, 1.82) is 0 Å². The number of hydrogen-bond acceptors (Lipinski definition) is 4. The second-order valence-corrected chi connectivity index (χ2v) is 2.60. The quantitative estimate of drug-likeness (QED) is 0.658. The van der Waals surface area contributed by atoms with Crippen LogP contribution in [-0.4, -0.2) is 52.2 Å². The summed E-state index contributed by atoms with van der Waals surface area (Å²) in [7, 11) is 5.54. The van der Waals surface area contributed by atoms with E-state index in [0.29, 0.717) is 0 Å². The molecule has 0 aromatic rings. The standard InChI is InChI=1S/C5H13N.C3H9N.C2H7N.CH5N/c1-4-6(3)5-2;1-3-4-2;1-2-3;1-2/h4-5H2,1-3H3;4H,3H2,1-2H3;2-3H2,1H3;2H2,1H3. The third-order valence-corrected chi connectivity index (χ3v) is 1.43. The molecule has 0 heterocycles. The van der Waals surface area contributed by atoms with E-state index >= 15 is 0 Å². The van der Waals surface area contributed by atoms with Crippen LogP contribution in [0.1, 0.15) is 27.7 Å². The van der Waals surface area contributed by atoms with E-state index in [0.717, 1.165) is 26.2 Å². The van der Waals surface area contributed by atoms with Crippen LogP contribution in [0, 0.1) is 0 Å². The minimum Gasteiger partial charge on any atom is -0.333 e. The Hall–Kier alpha value is -0.160. The smallest absolute Gasteiger partial charge is 0.00504 e. The lowest BCUT2D eigenvalue weighted by Gasteiger charge is -2.07. The van der Waals surface area contributed by atoms with Gasteiger partial charge in [0.05, 0.1) is 0 Å². The summed E-state index contributed by atoms with van der Waals surface area (Å²) in [5.41, 5.74) is 9.35. The highest BCUT2D eigenvalue weighted by Crippen LogP contribution is 1.73. The predicted molar refractivity (Wildman–Crippen MR) is 73.3 cm³/mol.